The van der Waals surface area contributed by atoms with Crippen LogP contribution < -0.4 is 5.32 Å². The molecule has 1 N–H and O–H groups in total. The molecule has 0 saturated heterocycles. The normalized spacial score (nSPS) is 12.9. The van der Waals surface area contributed by atoms with Crippen LogP contribution in [0.15, 0.2) is 18.6 Å². The largest absolute Gasteiger partial charge is 0.338 e. The molecule has 2 heterocycles. The summed E-state index contributed by atoms with van der Waals surface area (Å²) in [5.74, 6) is 1.09. The smallest absolute Gasteiger partial charge is 0.110 e. The summed E-state index contributed by atoms with van der Waals surface area (Å²) in [5.41, 5.74) is 2.33. The fraction of sp³-hybridized carbons (Fsp3) is 0.538. The van der Waals surface area contributed by atoms with Gasteiger partial charge in [-0.3, -0.25) is 4.68 Å². The number of aryl methyl sites for hydroxylation is 3. The van der Waals surface area contributed by atoms with Gasteiger partial charge in [0, 0.05) is 50.7 Å². The summed E-state index contributed by atoms with van der Waals surface area (Å²) < 4.78 is 3.93. The van der Waals surface area contributed by atoms with Crippen molar-refractivity contribution < 1.29 is 0 Å². The fourth-order valence-corrected chi connectivity index (χ4v) is 2.27. The van der Waals surface area contributed by atoms with Gasteiger partial charge >= 0.3 is 0 Å². The van der Waals surface area contributed by atoms with Gasteiger partial charge in [-0.1, -0.05) is 6.92 Å². The molecule has 2 aromatic heterocycles. The van der Waals surface area contributed by atoms with Gasteiger partial charge in [0.05, 0.1) is 5.69 Å². The summed E-state index contributed by atoms with van der Waals surface area (Å²) in [6, 6.07) is 0.268. The maximum Gasteiger partial charge on any atom is 0.110 e. The van der Waals surface area contributed by atoms with Crippen LogP contribution in [0.1, 0.15) is 30.0 Å². The van der Waals surface area contributed by atoms with Gasteiger partial charge in [0.2, 0.25) is 0 Å². The molecule has 0 fully saturated rings. The van der Waals surface area contributed by atoms with Gasteiger partial charge in [-0.15, -0.1) is 0 Å². The van der Waals surface area contributed by atoms with Crippen LogP contribution in [0.5, 0.6) is 0 Å². The summed E-state index contributed by atoms with van der Waals surface area (Å²) in [7, 11) is 3.99. The molecule has 98 valence electrons. The van der Waals surface area contributed by atoms with E-state index >= 15 is 0 Å². The zero-order valence-electron chi connectivity index (χ0n) is 11.5. The second-order valence-electron chi connectivity index (χ2n) is 4.61. The topological polar surface area (TPSA) is 47.7 Å². The van der Waals surface area contributed by atoms with Crippen LogP contribution in [0.2, 0.25) is 0 Å². The first-order valence-corrected chi connectivity index (χ1v) is 6.31. The highest BCUT2D eigenvalue weighted by Crippen LogP contribution is 2.20. The Hall–Kier alpha value is -1.62. The first kappa shape index (κ1) is 12.8. The highest BCUT2D eigenvalue weighted by molar-refractivity contribution is 5.21. The minimum Gasteiger partial charge on any atom is -0.338 e. The maximum atomic E-state index is 4.42. The Kier molecular flexibility index (Phi) is 3.81. The van der Waals surface area contributed by atoms with Crippen molar-refractivity contribution in [2.24, 2.45) is 14.1 Å². The summed E-state index contributed by atoms with van der Waals surface area (Å²) in [5, 5.41) is 7.93. The monoisotopic (exact) mass is 247 g/mol. The molecule has 0 spiro atoms. The molecule has 0 aliphatic rings. The number of aromatic nitrogens is 4. The summed E-state index contributed by atoms with van der Waals surface area (Å²) >= 11 is 0. The van der Waals surface area contributed by atoms with Crippen LogP contribution in [0.25, 0.3) is 0 Å². The molecule has 1 atom stereocenters. The summed E-state index contributed by atoms with van der Waals surface area (Å²) in [4.78, 5) is 4.40. The van der Waals surface area contributed by atoms with Gasteiger partial charge in [-0.25, -0.2) is 4.98 Å². The predicted octanol–water partition coefficient (Wildman–Crippen LogP) is 1.36. The molecule has 0 aromatic carbocycles. The van der Waals surface area contributed by atoms with Crippen molar-refractivity contribution in [1.29, 1.82) is 0 Å². The molecule has 2 aromatic rings. The van der Waals surface area contributed by atoms with E-state index in [0.29, 0.717) is 0 Å². The van der Waals surface area contributed by atoms with Crippen molar-refractivity contribution in [3.63, 3.8) is 0 Å². The number of likely N-dealkylation sites (N-methyl/N-ethyl adjacent to an activating group) is 1. The van der Waals surface area contributed by atoms with Gasteiger partial charge in [0.15, 0.2) is 0 Å². The van der Waals surface area contributed by atoms with Gasteiger partial charge in [0.25, 0.3) is 0 Å². The van der Waals surface area contributed by atoms with Gasteiger partial charge in [-0.05, 0) is 13.5 Å². The molecule has 2 rings (SSSR count). The van der Waals surface area contributed by atoms with E-state index in [1.807, 2.05) is 31.2 Å². The molecule has 5 nitrogen and oxygen atoms in total. The van der Waals surface area contributed by atoms with Crippen LogP contribution in [0.3, 0.4) is 0 Å². The zero-order valence-corrected chi connectivity index (χ0v) is 11.5. The molecule has 18 heavy (non-hydrogen) atoms. The Balaban J connectivity index is 2.23. The Bertz CT molecular complexity index is 511. The first-order valence-electron chi connectivity index (χ1n) is 6.31. The van der Waals surface area contributed by atoms with Gasteiger partial charge in [0.1, 0.15) is 5.82 Å². The van der Waals surface area contributed by atoms with Crippen LogP contribution in [0, 0.1) is 6.92 Å². The van der Waals surface area contributed by atoms with E-state index in [-0.39, 0.29) is 6.04 Å². The van der Waals surface area contributed by atoms with E-state index in [9.17, 15) is 0 Å². The Morgan fingerprint density at radius 1 is 1.39 bits per heavy atom. The van der Waals surface area contributed by atoms with Crippen LogP contribution in [-0.4, -0.2) is 25.9 Å². The Morgan fingerprint density at radius 3 is 2.67 bits per heavy atom. The standard InChI is InChI=1S/C13H21N5/c1-5-14-12(8-13-15-6-7-17(13)3)11-9-18(4)16-10(11)2/h6-7,9,12,14H,5,8H2,1-4H3. The highest BCUT2D eigenvalue weighted by atomic mass is 15.3. The lowest BCUT2D eigenvalue weighted by atomic mass is 10.0. The van der Waals surface area contributed by atoms with Crippen molar-refractivity contribution in [2.45, 2.75) is 26.3 Å². The Morgan fingerprint density at radius 2 is 2.17 bits per heavy atom. The molecular formula is C13H21N5. The second-order valence-corrected chi connectivity index (χ2v) is 4.61. The summed E-state index contributed by atoms with van der Waals surface area (Å²) in [6.45, 7) is 5.11. The fourth-order valence-electron chi connectivity index (χ4n) is 2.27. The lowest BCUT2D eigenvalue weighted by Crippen LogP contribution is -2.24. The van der Waals surface area contributed by atoms with E-state index in [1.54, 1.807) is 0 Å². The average Bonchev–Trinajstić information content (AvgIpc) is 2.85. The second kappa shape index (κ2) is 5.35. The number of rotatable bonds is 5. The van der Waals surface area contributed by atoms with Gasteiger partial charge < -0.3 is 9.88 Å². The highest BCUT2D eigenvalue weighted by Gasteiger charge is 2.17. The number of hydrogen-bond donors (Lipinski definition) is 1. The molecular weight excluding hydrogens is 226 g/mol. The van der Waals surface area contributed by atoms with E-state index in [0.717, 1.165) is 24.5 Å². The van der Waals surface area contributed by atoms with Crippen LogP contribution >= 0.6 is 0 Å². The van der Waals surface area contributed by atoms with E-state index in [2.05, 4.69) is 40.0 Å². The molecule has 0 aliphatic carbocycles. The average molecular weight is 247 g/mol. The van der Waals surface area contributed by atoms with E-state index in [4.69, 9.17) is 0 Å². The number of imidazole rings is 1. The molecule has 0 aliphatic heterocycles. The van der Waals surface area contributed by atoms with Crippen molar-refractivity contribution in [2.75, 3.05) is 6.54 Å². The summed E-state index contributed by atoms with van der Waals surface area (Å²) in [6.07, 6.45) is 6.79. The molecule has 5 heteroatoms. The predicted molar refractivity (Wildman–Crippen MR) is 71.3 cm³/mol. The van der Waals surface area contributed by atoms with Gasteiger partial charge in [-0.2, -0.15) is 5.10 Å². The third-order valence-corrected chi connectivity index (χ3v) is 3.19. The van der Waals surface area contributed by atoms with Crippen molar-refractivity contribution in [1.82, 2.24) is 24.6 Å². The SMILES string of the molecule is CCNC(Cc1nccn1C)c1cn(C)nc1C. The Labute approximate surface area is 108 Å². The lowest BCUT2D eigenvalue weighted by Gasteiger charge is -2.17. The minimum atomic E-state index is 0.268. The molecule has 1 unspecified atom stereocenters. The third kappa shape index (κ3) is 2.61. The first-order chi connectivity index (χ1) is 8.61. The maximum absolute atomic E-state index is 4.42. The quantitative estimate of drug-likeness (QED) is 0.867. The van der Waals surface area contributed by atoms with E-state index < -0.39 is 0 Å². The zero-order chi connectivity index (χ0) is 13.1. The van der Waals surface area contributed by atoms with E-state index in [1.165, 1.54) is 5.56 Å². The van der Waals surface area contributed by atoms with Crippen LogP contribution in [-0.2, 0) is 20.5 Å². The van der Waals surface area contributed by atoms with Crippen LogP contribution in [0.4, 0.5) is 0 Å². The lowest BCUT2D eigenvalue weighted by molar-refractivity contribution is 0.526. The number of hydrogen-bond acceptors (Lipinski definition) is 3. The molecule has 0 saturated carbocycles. The van der Waals surface area contributed by atoms with Crippen molar-refractivity contribution in [3.8, 4) is 0 Å². The van der Waals surface area contributed by atoms with Crippen molar-refractivity contribution >= 4 is 0 Å². The number of nitrogens with zero attached hydrogens (tertiary/aromatic N) is 4. The third-order valence-electron chi connectivity index (χ3n) is 3.19. The van der Waals surface area contributed by atoms with Crippen molar-refractivity contribution in [3.05, 3.63) is 35.7 Å². The minimum absolute atomic E-state index is 0.268. The molecule has 0 radical (unpaired) electrons. The number of nitrogens with one attached hydrogen (secondary N) is 1. The molecule has 0 bridgehead atoms. The molecule has 0 amide bonds.